The molecule has 1 aliphatic carbocycles. The van der Waals surface area contributed by atoms with Crippen molar-refractivity contribution in [3.8, 4) is 11.1 Å². The summed E-state index contributed by atoms with van der Waals surface area (Å²) in [5, 5.41) is 12.0. The lowest BCUT2D eigenvalue weighted by atomic mass is 10.0. The number of carboxylic acid groups (broad SMARTS) is 1. The summed E-state index contributed by atoms with van der Waals surface area (Å²) in [7, 11) is 0. The number of pyridine rings is 1. The number of hydrogen-bond acceptors (Lipinski definition) is 3. The highest BCUT2D eigenvalue weighted by Crippen LogP contribution is 2.26. The Hall–Kier alpha value is -2.69. The van der Waals surface area contributed by atoms with Gasteiger partial charge >= 0.3 is 5.97 Å². The number of benzene rings is 1. The van der Waals surface area contributed by atoms with Crippen LogP contribution >= 0.6 is 0 Å². The van der Waals surface area contributed by atoms with E-state index >= 15 is 0 Å². The molecule has 1 aromatic carbocycles. The standard InChI is InChI=1S/C19H20N2O3/c1-12-3-2-4-13(7-12)15-8-16(11-20-10-15)18(22)21-17-6-5-14(9-17)19(23)24/h2-4,7-8,10-11,14,17H,5-6,9H2,1H3,(H,21,22)(H,23,24)/t14-,17+/m0/s1. The maximum atomic E-state index is 12.4. The summed E-state index contributed by atoms with van der Waals surface area (Å²) in [5.74, 6) is -1.34. The third-order valence-corrected chi connectivity index (χ3v) is 4.47. The molecule has 0 aliphatic heterocycles. The lowest BCUT2D eigenvalue weighted by Crippen LogP contribution is -2.33. The fourth-order valence-electron chi connectivity index (χ4n) is 3.15. The van der Waals surface area contributed by atoms with Crippen LogP contribution in [0.1, 0.15) is 35.2 Å². The summed E-state index contributed by atoms with van der Waals surface area (Å²) < 4.78 is 0. The fraction of sp³-hybridized carbons (Fsp3) is 0.316. The average Bonchev–Trinajstić information content (AvgIpc) is 3.04. The number of carbonyl (C=O) groups is 2. The molecule has 1 aromatic heterocycles. The molecule has 1 fully saturated rings. The van der Waals surface area contributed by atoms with Gasteiger partial charge in [-0.2, -0.15) is 0 Å². The van der Waals surface area contributed by atoms with Gasteiger partial charge in [0.15, 0.2) is 0 Å². The molecule has 1 aliphatic rings. The van der Waals surface area contributed by atoms with E-state index in [4.69, 9.17) is 5.11 Å². The molecule has 1 saturated carbocycles. The van der Waals surface area contributed by atoms with Gasteiger partial charge < -0.3 is 10.4 Å². The summed E-state index contributed by atoms with van der Waals surface area (Å²) in [4.78, 5) is 27.6. The molecular weight excluding hydrogens is 304 g/mol. The van der Waals surface area contributed by atoms with Crippen LogP contribution in [0.3, 0.4) is 0 Å². The highest BCUT2D eigenvalue weighted by Gasteiger charge is 2.30. The first-order chi connectivity index (χ1) is 11.5. The number of carbonyl (C=O) groups excluding carboxylic acids is 1. The van der Waals surface area contributed by atoms with Crippen molar-refractivity contribution in [1.29, 1.82) is 0 Å². The van der Waals surface area contributed by atoms with Gasteiger partial charge in [-0.3, -0.25) is 14.6 Å². The summed E-state index contributed by atoms with van der Waals surface area (Å²) in [5.41, 5.74) is 3.55. The van der Waals surface area contributed by atoms with Gasteiger partial charge in [0.1, 0.15) is 0 Å². The van der Waals surface area contributed by atoms with Crippen LogP contribution in [0.4, 0.5) is 0 Å². The van der Waals surface area contributed by atoms with Crippen LogP contribution in [-0.2, 0) is 4.79 Å². The van der Waals surface area contributed by atoms with Crippen molar-refractivity contribution in [2.24, 2.45) is 5.92 Å². The van der Waals surface area contributed by atoms with Gasteiger partial charge in [-0.15, -0.1) is 0 Å². The minimum atomic E-state index is -0.783. The Morgan fingerprint density at radius 3 is 2.71 bits per heavy atom. The van der Waals surface area contributed by atoms with E-state index in [-0.39, 0.29) is 17.9 Å². The number of aromatic nitrogens is 1. The number of carboxylic acids is 1. The second-order valence-corrected chi connectivity index (χ2v) is 6.35. The zero-order chi connectivity index (χ0) is 17.1. The highest BCUT2D eigenvalue weighted by molar-refractivity contribution is 5.95. The Morgan fingerprint density at radius 1 is 1.17 bits per heavy atom. The van der Waals surface area contributed by atoms with Crippen molar-refractivity contribution in [2.45, 2.75) is 32.2 Å². The van der Waals surface area contributed by atoms with E-state index in [9.17, 15) is 9.59 Å². The first-order valence-electron chi connectivity index (χ1n) is 8.08. The van der Waals surface area contributed by atoms with E-state index in [1.165, 1.54) is 6.20 Å². The lowest BCUT2D eigenvalue weighted by Gasteiger charge is -2.13. The number of nitrogens with zero attached hydrogens (tertiary/aromatic N) is 1. The molecule has 124 valence electrons. The van der Waals surface area contributed by atoms with Gasteiger partial charge in [-0.05, 0) is 37.8 Å². The Bertz CT molecular complexity index is 773. The molecule has 2 N–H and O–H groups in total. The van der Waals surface area contributed by atoms with Crippen molar-refractivity contribution in [2.75, 3.05) is 0 Å². The van der Waals surface area contributed by atoms with Gasteiger partial charge in [-0.25, -0.2) is 0 Å². The third kappa shape index (κ3) is 3.62. The third-order valence-electron chi connectivity index (χ3n) is 4.47. The Kier molecular flexibility index (Phi) is 4.60. The number of aryl methyl sites for hydroxylation is 1. The predicted molar refractivity (Wildman–Crippen MR) is 90.6 cm³/mol. The van der Waals surface area contributed by atoms with Gasteiger partial charge in [0.25, 0.3) is 5.91 Å². The summed E-state index contributed by atoms with van der Waals surface area (Å²) in [6.45, 7) is 2.02. The van der Waals surface area contributed by atoms with Gasteiger partial charge in [-0.1, -0.05) is 29.8 Å². The van der Waals surface area contributed by atoms with Gasteiger partial charge in [0.2, 0.25) is 0 Å². The molecule has 1 amide bonds. The molecule has 5 nitrogen and oxygen atoms in total. The molecule has 0 bridgehead atoms. The van der Waals surface area contributed by atoms with E-state index in [0.29, 0.717) is 24.8 Å². The molecule has 24 heavy (non-hydrogen) atoms. The first-order valence-corrected chi connectivity index (χ1v) is 8.08. The number of nitrogens with one attached hydrogen (secondary N) is 1. The normalized spacial score (nSPS) is 19.9. The zero-order valence-electron chi connectivity index (χ0n) is 13.5. The van der Waals surface area contributed by atoms with Crippen LogP contribution in [-0.4, -0.2) is 28.0 Å². The maximum absolute atomic E-state index is 12.4. The highest BCUT2D eigenvalue weighted by atomic mass is 16.4. The van der Waals surface area contributed by atoms with E-state index in [0.717, 1.165) is 16.7 Å². The second kappa shape index (κ2) is 6.83. The molecule has 2 aromatic rings. The molecule has 1 heterocycles. The maximum Gasteiger partial charge on any atom is 0.306 e. The van der Waals surface area contributed by atoms with Gasteiger partial charge in [0.05, 0.1) is 11.5 Å². The summed E-state index contributed by atoms with van der Waals surface area (Å²) in [6.07, 6.45) is 5.08. The van der Waals surface area contributed by atoms with Crippen LogP contribution in [0.2, 0.25) is 0 Å². The summed E-state index contributed by atoms with van der Waals surface area (Å²) in [6, 6.07) is 9.77. The van der Waals surface area contributed by atoms with Crippen LogP contribution in [0.15, 0.2) is 42.7 Å². The van der Waals surface area contributed by atoms with Crippen LogP contribution in [0, 0.1) is 12.8 Å². The second-order valence-electron chi connectivity index (χ2n) is 6.35. The lowest BCUT2D eigenvalue weighted by molar-refractivity contribution is -0.141. The predicted octanol–water partition coefficient (Wildman–Crippen LogP) is 3.04. The number of hydrogen-bond donors (Lipinski definition) is 2. The molecule has 5 heteroatoms. The quantitative estimate of drug-likeness (QED) is 0.906. The number of rotatable bonds is 4. The molecule has 0 spiro atoms. The number of aliphatic carboxylic acids is 1. The van der Waals surface area contributed by atoms with E-state index in [2.05, 4.69) is 10.3 Å². The molecule has 0 radical (unpaired) electrons. The minimum absolute atomic E-state index is 0.0822. The molecule has 2 atom stereocenters. The van der Waals surface area contributed by atoms with E-state index in [1.807, 2.05) is 37.3 Å². The Labute approximate surface area is 140 Å². The topological polar surface area (TPSA) is 79.3 Å². The van der Waals surface area contributed by atoms with Crippen molar-refractivity contribution in [1.82, 2.24) is 10.3 Å². The Morgan fingerprint density at radius 2 is 2.00 bits per heavy atom. The minimum Gasteiger partial charge on any atom is -0.481 e. The summed E-state index contributed by atoms with van der Waals surface area (Å²) >= 11 is 0. The van der Waals surface area contributed by atoms with Crippen molar-refractivity contribution < 1.29 is 14.7 Å². The van der Waals surface area contributed by atoms with Crippen LogP contribution in [0.5, 0.6) is 0 Å². The monoisotopic (exact) mass is 324 g/mol. The molecular formula is C19H20N2O3. The van der Waals surface area contributed by atoms with Crippen LogP contribution < -0.4 is 5.32 Å². The van der Waals surface area contributed by atoms with Crippen LogP contribution in [0.25, 0.3) is 11.1 Å². The largest absolute Gasteiger partial charge is 0.481 e. The molecule has 0 unspecified atom stereocenters. The van der Waals surface area contributed by atoms with E-state index < -0.39 is 5.97 Å². The smallest absolute Gasteiger partial charge is 0.306 e. The molecule has 3 rings (SSSR count). The fourth-order valence-corrected chi connectivity index (χ4v) is 3.15. The number of amides is 1. The van der Waals surface area contributed by atoms with Crippen molar-refractivity contribution >= 4 is 11.9 Å². The SMILES string of the molecule is Cc1cccc(-c2cncc(C(=O)N[C@@H]3CC[C@H](C(=O)O)C3)c2)c1. The van der Waals surface area contributed by atoms with Gasteiger partial charge in [0, 0.05) is 24.0 Å². The molecule has 0 saturated heterocycles. The first kappa shape index (κ1) is 16.2. The zero-order valence-corrected chi connectivity index (χ0v) is 13.5. The average molecular weight is 324 g/mol. The van der Waals surface area contributed by atoms with Crippen molar-refractivity contribution in [3.63, 3.8) is 0 Å². The van der Waals surface area contributed by atoms with Crippen molar-refractivity contribution in [3.05, 3.63) is 53.9 Å². The van der Waals surface area contributed by atoms with E-state index in [1.54, 1.807) is 6.20 Å². The Balaban J connectivity index is 1.72.